The SMILES string of the molecule is CC.CC.CN1CCN(c2ccc(C#N)cn2)CC1.O=Cc1cc(Cc2n[nH]c(=O)c3ccc(SC4CC(F)(F)C4)cc23)ccc1F. The number of hydrogen-bond acceptors (Lipinski definition) is 8. The van der Waals surface area contributed by atoms with Crippen molar-refractivity contribution in [3.05, 3.63) is 93.3 Å². The van der Waals surface area contributed by atoms with Crippen LogP contribution in [-0.2, 0) is 6.42 Å². The minimum Gasteiger partial charge on any atom is -0.354 e. The average Bonchev–Trinajstić information content (AvgIpc) is 3.08. The fourth-order valence-electron chi connectivity index (χ4n) is 4.95. The number of aromatic amines is 1. The number of anilines is 1. The molecule has 1 saturated heterocycles. The fraction of sp³-hybridized carbons (Fsp3) is 0.400. The molecule has 0 spiro atoms. The van der Waals surface area contributed by atoms with Crippen molar-refractivity contribution in [3.8, 4) is 6.07 Å². The van der Waals surface area contributed by atoms with Gasteiger partial charge in [0, 0.05) is 67.2 Å². The zero-order chi connectivity index (χ0) is 34.6. The van der Waals surface area contributed by atoms with Crippen LogP contribution in [0.3, 0.4) is 0 Å². The number of nitriles is 1. The van der Waals surface area contributed by atoms with Gasteiger partial charge in [0.2, 0.25) is 5.92 Å². The third kappa shape index (κ3) is 10.1. The van der Waals surface area contributed by atoms with Crippen LogP contribution in [-0.4, -0.2) is 70.8 Å². The number of nitrogens with one attached hydrogen (secondary N) is 1. The molecule has 4 aromatic rings. The Bertz CT molecular complexity index is 1710. The van der Waals surface area contributed by atoms with Gasteiger partial charge in [0.15, 0.2) is 6.29 Å². The number of fused-ring (bicyclic) bond motifs is 1. The Balaban J connectivity index is 0.000000267. The topological polar surface area (TPSA) is 106 Å². The van der Waals surface area contributed by atoms with Crippen molar-refractivity contribution in [2.45, 2.75) is 63.0 Å². The van der Waals surface area contributed by atoms with Crippen LogP contribution in [0, 0.1) is 17.1 Å². The van der Waals surface area contributed by atoms with Gasteiger partial charge in [-0.1, -0.05) is 33.8 Å². The molecule has 47 heavy (non-hydrogen) atoms. The van der Waals surface area contributed by atoms with E-state index in [1.54, 1.807) is 30.5 Å². The van der Waals surface area contributed by atoms with Crippen LogP contribution in [0.1, 0.15) is 67.7 Å². The summed E-state index contributed by atoms with van der Waals surface area (Å²) in [5.74, 6) is -2.21. The minimum atomic E-state index is -2.59. The van der Waals surface area contributed by atoms with Crippen LogP contribution in [0.25, 0.3) is 10.8 Å². The lowest BCUT2D eigenvalue weighted by atomic mass is 9.94. The number of benzene rings is 2. The Morgan fingerprint density at radius 1 is 1.02 bits per heavy atom. The highest BCUT2D eigenvalue weighted by molar-refractivity contribution is 8.00. The maximum absolute atomic E-state index is 13.5. The Morgan fingerprint density at radius 2 is 1.72 bits per heavy atom. The molecule has 3 heterocycles. The summed E-state index contributed by atoms with van der Waals surface area (Å²) in [6, 6.07) is 15.2. The highest BCUT2D eigenvalue weighted by Gasteiger charge is 2.45. The van der Waals surface area contributed by atoms with Crippen LogP contribution >= 0.6 is 11.8 Å². The molecule has 1 N–H and O–H groups in total. The molecular weight excluding hydrogens is 625 g/mol. The maximum Gasteiger partial charge on any atom is 0.272 e. The van der Waals surface area contributed by atoms with E-state index in [4.69, 9.17) is 5.26 Å². The lowest BCUT2D eigenvalue weighted by molar-refractivity contribution is -0.0667. The molecule has 2 fully saturated rings. The maximum atomic E-state index is 13.5. The van der Waals surface area contributed by atoms with E-state index in [-0.39, 0.29) is 35.6 Å². The van der Waals surface area contributed by atoms with Crippen molar-refractivity contribution in [1.82, 2.24) is 20.1 Å². The van der Waals surface area contributed by atoms with Crippen molar-refractivity contribution in [2.75, 3.05) is 38.1 Å². The first-order valence-corrected chi connectivity index (χ1v) is 16.6. The van der Waals surface area contributed by atoms with Crippen LogP contribution in [0.4, 0.5) is 19.0 Å². The van der Waals surface area contributed by atoms with E-state index < -0.39 is 11.7 Å². The van der Waals surface area contributed by atoms with E-state index in [0.717, 1.165) is 36.9 Å². The standard InChI is InChI=1S/C20H15F3N2O2S.C11H14N4.2C2H6/c21-17-4-1-11(5-12(17)10-26)6-18-16-7-13(28-14-8-20(22,23)9-14)2-3-15(16)19(27)25-24-18;1-14-4-6-15(7-5-14)11-3-2-10(8-12)9-13-11;2*1-2/h1-5,7,10,14H,6,8-9H2,(H,25,27);2-3,9H,4-7H2,1H3;2*1-2H3. The Kier molecular flexibility index (Phi) is 14.0. The number of halogens is 3. The Hall–Kier alpha value is -4.21. The second-order valence-corrected chi connectivity index (χ2v) is 12.0. The number of hydrogen-bond donors (Lipinski definition) is 1. The summed E-state index contributed by atoms with van der Waals surface area (Å²) in [5.41, 5.74) is 1.44. The predicted octanol–water partition coefficient (Wildman–Crippen LogP) is 7.11. The number of carbonyl (C=O) groups is 1. The third-order valence-corrected chi connectivity index (χ3v) is 8.65. The molecule has 8 nitrogen and oxygen atoms in total. The van der Waals surface area contributed by atoms with E-state index in [1.165, 1.54) is 23.9 Å². The average molecular weight is 667 g/mol. The fourth-order valence-corrected chi connectivity index (χ4v) is 6.32. The molecule has 0 atom stereocenters. The molecule has 2 aromatic heterocycles. The predicted molar refractivity (Wildman–Crippen MR) is 182 cm³/mol. The molecule has 1 saturated carbocycles. The second-order valence-electron chi connectivity index (χ2n) is 10.7. The third-order valence-electron chi connectivity index (χ3n) is 7.46. The highest BCUT2D eigenvalue weighted by atomic mass is 32.2. The van der Waals surface area contributed by atoms with Crippen molar-refractivity contribution < 1.29 is 18.0 Å². The highest BCUT2D eigenvalue weighted by Crippen LogP contribution is 2.46. The van der Waals surface area contributed by atoms with E-state index in [9.17, 15) is 22.8 Å². The number of aromatic nitrogens is 3. The quantitative estimate of drug-likeness (QED) is 0.217. The van der Waals surface area contributed by atoms with E-state index in [1.807, 2.05) is 39.8 Å². The number of thioether (sulfide) groups is 1. The van der Waals surface area contributed by atoms with Gasteiger partial charge in [0.25, 0.3) is 5.56 Å². The van der Waals surface area contributed by atoms with Gasteiger partial charge in [-0.05, 0) is 55.1 Å². The number of likely N-dealkylation sites (N-methyl/N-ethyl adjacent to an activating group) is 1. The van der Waals surface area contributed by atoms with Gasteiger partial charge in [-0.2, -0.15) is 10.4 Å². The minimum absolute atomic E-state index is 0.0478. The first kappa shape index (κ1) is 37.2. The van der Waals surface area contributed by atoms with Crippen molar-refractivity contribution in [1.29, 1.82) is 5.26 Å². The van der Waals surface area contributed by atoms with Crippen molar-refractivity contribution in [2.24, 2.45) is 0 Å². The molecule has 0 unspecified atom stereocenters. The number of H-pyrrole nitrogens is 1. The second kappa shape index (κ2) is 17.6. The lowest BCUT2D eigenvalue weighted by Gasteiger charge is -2.34. The van der Waals surface area contributed by atoms with Gasteiger partial charge < -0.3 is 9.80 Å². The molecule has 0 bridgehead atoms. The molecule has 0 radical (unpaired) electrons. The Morgan fingerprint density at radius 3 is 2.32 bits per heavy atom. The van der Waals surface area contributed by atoms with Crippen LogP contribution in [0.5, 0.6) is 0 Å². The van der Waals surface area contributed by atoms with E-state index in [0.29, 0.717) is 33.9 Å². The molecule has 1 aliphatic heterocycles. The van der Waals surface area contributed by atoms with Gasteiger partial charge in [-0.3, -0.25) is 9.59 Å². The molecule has 2 aliphatic rings. The Labute approximate surface area is 278 Å². The van der Waals surface area contributed by atoms with Gasteiger partial charge in [0.05, 0.1) is 22.2 Å². The molecule has 2 aromatic carbocycles. The molecule has 250 valence electrons. The summed E-state index contributed by atoms with van der Waals surface area (Å²) < 4.78 is 39.7. The number of rotatable bonds is 6. The summed E-state index contributed by atoms with van der Waals surface area (Å²) in [6.07, 6.45) is 2.05. The summed E-state index contributed by atoms with van der Waals surface area (Å²) in [7, 11) is 2.13. The number of nitrogens with zero attached hydrogens (tertiary/aromatic N) is 5. The molecular formula is C35H41F3N6O2S. The number of pyridine rings is 1. The first-order chi connectivity index (χ1) is 22.6. The lowest BCUT2D eigenvalue weighted by Crippen LogP contribution is -2.44. The smallest absolute Gasteiger partial charge is 0.272 e. The van der Waals surface area contributed by atoms with Gasteiger partial charge in [0.1, 0.15) is 17.7 Å². The van der Waals surface area contributed by atoms with Gasteiger partial charge >= 0.3 is 0 Å². The summed E-state index contributed by atoms with van der Waals surface area (Å²) in [6.45, 7) is 12.2. The van der Waals surface area contributed by atoms with Crippen molar-refractivity contribution >= 4 is 34.6 Å². The van der Waals surface area contributed by atoms with Crippen LogP contribution in [0.15, 0.2) is 64.4 Å². The number of aldehydes is 1. The summed E-state index contributed by atoms with van der Waals surface area (Å²) in [4.78, 5) is 32.7. The number of alkyl halides is 2. The van der Waals surface area contributed by atoms with Gasteiger partial charge in [-0.25, -0.2) is 23.3 Å². The summed E-state index contributed by atoms with van der Waals surface area (Å²) >= 11 is 1.36. The monoisotopic (exact) mass is 666 g/mol. The normalized spacial score (nSPS) is 15.4. The number of piperazine rings is 1. The van der Waals surface area contributed by atoms with Gasteiger partial charge in [-0.15, -0.1) is 11.8 Å². The van der Waals surface area contributed by atoms with Crippen LogP contribution < -0.4 is 10.5 Å². The summed E-state index contributed by atoms with van der Waals surface area (Å²) in [5, 5.41) is 16.1. The zero-order valence-corrected chi connectivity index (χ0v) is 28.2. The largest absolute Gasteiger partial charge is 0.354 e. The van der Waals surface area contributed by atoms with E-state index >= 15 is 0 Å². The van der Waals surface area contributed by atoms with Crippen LogP contribution in [0.2, 0.25) is 0 Å². The first-order valence-electron chi connectivity index (χ1n) is 15.7. The number of carbonyl (C=O) groups excluding carboxylic acids is 1. The molecule has 1 aliphatic carbocycles. The zero-order valence-electron chi connectivity index (χ0n) is 27.4. The molecule has 0 amide bonds. The van der Waals surface area contributed by atoms with E-state index in [2.05, 4.69) is 38.1 Å². The molecule has 12 heteroatoms. The van der Waals surface area contributed by atoms with Crippen molar-refractivity contribution in [3.63, 3.8) is 0 Å². The molecule has 6 rings (SSSR count).